The van der Waals surface area contributed by atoms with Gasteiger partial charge in [-0.05, 0) is 65.1 Å². The van der Waals surface area contributed by atoms with E-state index in [2.05, 4.69) is 67.8 Å². The van der Waals surface area contributed by atoms with Gasteiger partial charge in [-0.15, -0.1) is 0 Å². The minimum Gasteiger partial charge on any atom is -0.390 e. The van der Waals surface area contributed by atoms with Crippen molar-refractivity contribution in [2.75, 3.05) is 6.54 Å². The molecule has 1 aromatic heterocycles. The fourth-order valence-electron chi connectivity index (χ4n) is 4.60. The molecule has 0 radical (unpaired) electrons. The third kappa shape index (κ3) is 9.03. The number of halogens is 2. The first-order chi connectivity index (χ1) is 17.9. The lowest BCUT2D eigenvalue weighted by molar-refractivity contribution is -0.120. The van der Waals surface area contributed by atoms with Crippen molar-refractivity contribution >= 4 is 5.91 Å². The Morgan fingerprint density at radius 3 is 2.42 bits per heavy atom. The first kappa shape index (κ1) is 29.5. The molecule has 206 valence electrons. The standard InChI is InChI=1S/C30H40F2N4O2/c1-6-9-36-19-25(17-34-36)22-7-8-23(15-30(3,4)5)24(13-22)16-33-18-29(38)28(35-20(2)37)12-21-10-26(31)14-27(32)11-21/h7-8,10-11,13-14,17,19,28-29,33,38H,6,9,12,15-16,18H2,1-5H3,(H,35,37). The maximum Gasteiger partial charge on any atom is 0.217 e. The lowest BCUT2D eigenvalue weighted by Crippen LogP contribution is -2.48. The van der Waals surface area contributed by atoms with Crippen LogP contribution in [0.25, 0.3) is 11.1 Å². The molecule has 2 atom stereocenters. The molecule has 0 aliphatic heterocycles. The van der Waals surface area contributed by atoms with Crippen molar-refractivity contribution in [3.8, 4) is 11.1 Å². The van der Waals surface area contributed by atoms with Crippen molar-refractivity contribution in [1.29, 1.82) is 0 Å². The summed E-state index contributed by atoms with van der Waals surface area (Å²) in [4.78, 5) is 11.8. The Labute approximate surface area is 224 Å². The number of aryl methyl sites for hydroxylation is 1. The van der Waals surface area contributed by atoms with Crippen LogP contribution in [-0.2, 0) is 30.7 Å². The number of hydrogen-bond donors (Lipinski definition) is 3. The Morgan fingerprint density at radius 2 is 1.79 bits per heavy atom. The van der Waals surface area contributed by atoms with Gasteiger partial charge < -0.3 is 15.7 Å². The Balaban J connectivity index is 1.74. The first-order valence-electron chi connectivity index (χ1n) is 13.2. The number of rotatable bonds is 12. The van der Waals surface area contributed by atoms with Crippen LogP contribution in [0.15, 0.2) is 48.8 Å². The highest BCUT2D eigenvalue weighted by molar-refractivity contribution is 5.73. The molecule has 3 N–H and O–H groups in total. The number of benzene rings is 2. The van der Waals surface area contributed by atoms with Gasteiger partial charge >= 0.3 is 0 Å². The molecule has 2 aromatic carbocycles. The van der Waals surface area contributed by atoms with Gasteiger partial charge in [0.1, 0.15) is 11.6 Å². The molecule has 3 aromatic rings. The number of aliphatic hydroxyl groups excluding tert-OH is 1. The minimum absolute atomic E-state index is 0.0958. The van der Waals surface area contributed by atoms with E-state index in [1.807, 2.05) is 10.9 Å². The Kier molecular flexibility index (Phi) is 10.2. The zero-order valence-electron chi connectivity index (χ0n) is 23.0. The largest absolute Gasteiger partial charge is 0.390 e. The Morgan fingerprint density at radius 1 is 1.08 bits per heavy atom. The molecule has 0 saturated carbocycles. The number of aliphatic hydroxyl groups is 1. The molecule has 0 spiro atoms. The molecule has 2 unspecified atom stereocenters. The molecule has 3 rings (SSSR count). The van der Waals surface area contributed by atoms with Crippen molar-refractivity contribution in [2.24, 2.45) is 5.41 Å². The zero-order chi connectivity index (χ0) is 27.9. The van der Waals surface area contributed by atoms with Crippen LogP contribution in [0, 0.1) is 17.0 Å². The summed E-state index contributed by atoms with van der Waals surface area (Å²) in [6, 6.07) is 8.96. The van der Waals surface area contributed by atoms with E-state index in [0.29, 0.717) is 12.1 Å². The van der Waals surface area contributed by atoms with Gasteiger partial charge in [-0.2, -0.15) is 5.10 Å². The van der Waals surface area contributed by atoms with Crippen molar-refractivity contribution in [2.45, 2.75) is 79.1 Å². The van der Waals surface area contributed by atoms with Crippen molar-refractivity contribution in [1.82, 2.24) is 20.4 Å². The van der Waals surface area contributed by atoms with E-state index >= 15 is 0 Å². The van der Waals surface area contributed by atoms with E-state index in [1.165, 1.54) is 24.6 Å². The van der Waals surface area contributed by atoms with Crippen LogP contribution in [0.3, 0.4) is 0 Å². The van der Waals surface area contributed by atoms with Gasteiger partial charge in [0.05, 0.1) is 18.3 Å². The smallest absolute Gasteiger partial charge is 0.217 e. The van der Waals surface area contributed by atoms with E-state index in [4.69, 9.17) is 0 Å². The molecule has 38 heavy (non-hydrogen) atoms. The van der Waals surface area contributed by atoms with Gasteiger partial charge in [0.15, 0.2) is 0 Å². The summed E-state index contributed by atoms with van der Waals surface area (Å²) in [6.45, 7) is 11.6. The fourth-order valence-corrected chi connectivity index (χ4v) is 4.60. The molecule has 1 heterocycles. The third-order valence-corrected chi connectivity index (χ3v) is 6.25. The average molecular weight is 527 g/mol. The summed E-state index contributed by atoms with van der Waals surface area (Å²) in [7, 11) is 0. The molecule has 6 nitrogen and oxygen atoms in total. The van der Waals surface area contributed by atoms with Crippen LogP contribution in [0.1, 0.15) is 57.7 Å². The zero-order valence-corrected chi connectivity index (χ0v) is 23.0. The van der Waals surface area contributed by atoms with Crippen LogP contribution in [0.5, 0.6) is 0 Å². The van der Waals surface area contributed by atoms with Crippen molar-refractivity contribution in [3.63, 3.8) is 0 Å². The second-order valence-electron chi connectivity index (χ2n) is 11.2. The van der Waals surface area contributed by atoms with Gasteiger partial charge in [0, 0.05) is 44.4 Å². The summed E-state index contributed by atoms with van der Waals surface area (Å²) in [5, 5.41) is 21.4. The van der Waals surface area contributed by atoms with Gasteiger partial charge in [-0.1, -0.05) is 39.8 Å². The number of carbonyl (C=O) groups is 1. The maximum atomic E-state index is 13.7. The molecule has 1 amide bonds. The summed E-state index contributed by atoms with van der Waals surface area (Å²) in [6.07, 6.45) is 4.97. The Bertz CT molecular complexity index is 1200. The van der Waals surface area contributed by atoms with E-state index in [-0.39, 0.29) is 24.3 Å². The monoisotopic (exact) mass is 526 g/mol. The summed E-state index contributed by atoms with van der Waals surface area (Å²) >= 11 is 0. The van der Waals surface area contributed by atoms with Gasteiger partial charge in [0.2, 0.25) is 5.91 Å². The number of aromatic nitrogens is 2. The predicted molar refractivity (Wildman–Crippen MR) is 146 cm³/mol. The maximum absolute atomic E-state index is 13.7. The highest BCUT2D eigenvalue weighted by Gasteiger charge is 2.22. The summed E-state index contributed by atoms with van der Waals surface area (Å²) in [5.41, 5.74) is 4.93. The highest BCUT2D eigenvalue weighted by Crippen LogP contribution is 2.27. The second-order valence-corrected chi connectivity index (χ2v) is 11.2. The predicted octanol–water partition coefficient (Wildman–Crippen LogP) is 5.02. The van der Waals surface area contributed by atoms with E-state index < -0.39 is 23.8 Å². The van der Waals surface area contributed by atoms with Crippen LogP contribution in [-0.4, -0.2) is 39.5 Å². The lowest BCUT2D eigenvalue weighted by Gasteiger charge is -2.25. The molecule has 8 heteroatoms. The number of carbonyl (C=O) groups excluding carboxylic acids is 1. The quantitative estimate of drug-likeness (QED) is 0.310. The third-order valence-electron chi connectivity index (χ3n) is 6.25. The number of hydrogen-bond acceptors (Lipinski definition) is 4. The van der Waals surface area contributed by atoms with Crippen molar-refractivity contribution in [3.05, 3.63) is 77.1 Å². The van der Waals surface area contributed by atoms with Crippen molar-refractivity contribution < 1.29 is 18.7 Å². The fraction of sp³-hybridized carbons (Fsp3) is 0.467. The SMILES string of the molecule is CCCn1cc(-c2ccc(CC(C)(C)C)c(CNCC(O)C(Cc3cc(F)cc(F)c3)NC(C)=O)c2)cn1. The van der Waals surface area contributed by atoms with Crippen LogP contribution in [0.4, 0.5) is 8.78 Å². The van der Waals surface area contributed by atoms with Gasteiger partial charge in [-0.3, -0.25) is 9.48 Å². The molecular weight excluding hydrogens is 486 g/mol. The van der Waals surface area contributed by atoms with E-state index in [9.17, 15) is 18.7 Å². The number of amides is 1. The average Bonchev–Trinajstić information content (AvgIpc) is 3.26. The molecular formula is C30H40F2N4O2. The Hall–Kier alpha value is -3.10. The molecule has 0 fully saturated rings. The van der Waals surface area contributed by atoms with Gasteiger partial charge in [-0.25, -0.2) is 8.78 Å². The van der Waals surface area contributed by atoms with Gasteiger partial charge in [0.25, 0.3) is 0 Å². The minimum atomic E-state index is -0.966. The molecule has 0 bridgehead atoms. The topological polar surface area (TPSA) is 79.2 Å². The van der Waals surface area contributed by atoms with Crippen LogP contribution >= 0.6 is 0 Å². The normalized spacial score (nSPS) is 13.4. The van der Waals surface area contributed by atoms with E-state index in [0.717, 1.165) is 42.1 Å². The molecule has 0 aliphatic carbocycles. The summed E-state index contributed by atoms with van der Waals surface area (Å²) in [5.74, 6) is -1.71. The molecule has 0 aliphatic rings. The van der Waals surface area contributed by atoms with E-state index in [1.54, 1.807) is 0 Å². The second kappa shape index (κ2) is 13.1. The van der Waals surface area contributed by atoms with Crippen LogP contribution < -0.4 is 10.6 Å². The first-order valence-corrected chi connectivity index (χ1v) is 13.2. The molecule has 0 saturated heterocycles. The lowest BCUT2D eigenvalue weighted by atomic mass is 9.85. The highest BCUT2D eigenvalue weighted by atomic mass is 19.1. The van der Waals surface area contributed by atoms with Crippen LogP contribution in [0.2, 0.25) is 0 Å². The summed E-state index contributed by atoms with van der Waals surface area (Å²) < 4.78 is 29.3. The number of nitrogens with zero attached hydrogens (tertiary/aromatic N) is 2. The number of nitrogens with one attached hydrogen (secondary N) is 2.